The van der Waals surface area contributed by atoms with Crippen LogP contribution in [0, 0.1) is 5.41 Å². The third-order valence-electron chi connectivity index (χ3n) is 4.51. The molecule has 7 heteroatoms. The molecule has 1 aromatic rings. The van der Waals surface area contributed by atoms with Crippen molar-refractivity contribution < 1.29 is 23.1 Å². The lowest BCUT2D eigenvalue weighted by molar-refractivity contribution is -0.138. The Hall–Kier alpha value is -1.63. The predicted octanol–water partition coefficient (Wildman–Crippen LogP) is 3.16. The standard InChI is InChI=1S/C16H21F3N2O2/c17-16(18,19)12-5-4-9-20-13(12)14(23)21-11-15(8-10-22)6-2-1-3-7-15/h4-5,9,22H,1-3,6-8,10-11H2,(H,21,23). The highest BCUT2D eigenvalue weighted by Gasteiger charge is 2.37. The van der Waals surface area contributed by atoms with Crippen LogP contribution in [0.5, 0.6) is 0 Å². The second kappa shape index (κ2) is 7.29. The third kappa shape index (κ3) is 4.43. The number of rotatable bonds is 5. The van der Waals surface area contributed by atoms with Crippen molar-refractivity contribution in [3.05, 3.63) is 29.6 Å². The molecule has 1 saturated carbocycles. The number of aliphatic hydroxyl groups is 1. The number of aliphatic hydroxyl groups excluding tert-OH is 1. The summed E-state index contributed by atoms with van der Waals surface area (Å²) in [6, 6.07) is 2.01. The zero-order valence-corrected chi connectivity index (χ0v) is 12.8. The van der Waals surface area contributed by atoms with E-state index in [1.54, 1.807) is 0 Å². The normalized spacial score (nSPS) is 17.7. The maximum Gasteiger partial charge on any atom is 0.418 e. The van der Waals surface area contributed by atoms with Crippen LogP contribution >= 0.6 is 0 Å². The van der Waals surface area contributed by atoms with Crippen LogP contribution in [0.4, 0.5) is 13.2 Å². The summed E-state index contributed by atoms with van der Waals surface area (Å²) in [5.74, 6) is -0.819. The van der Waals surface area contributed by atoms with Crippen LogP contribution in [0.15, 0.2) is 18.3 Å². The summed E-state index contributed by atoms with van der Waals surface area (Å²) in [4.78, 5) is 15.8. The number of aromatic nitrogens is 1. The first-order valence-corrected chi connectivity index (χ1v) is 7.79. The molecule has 0 unspecified atom stereocenters. The molecular weight excluding hydrogens is 309 g/mol. The highest BCUT2D eigenvalue weighted by molar-refractivity contribution is 5.93. The van der Waals surface area contributed by atoms with E-state index in [1.807, 2.05) is 0 Å². The lowest BCUT2D eigenvalue weighted by Gasteiger charge is -2.37. The topological polar surface area (TPSA) is 62.2 Å². The van der Waals surface area contributed by atoms with Crippen LogP contribution in [-0.2, 0) is 6.18 Å². The minimum Gasteiger partial charge on any atom is -0.396 e. The van der Waals surface area contributed by atoms with E-state index in [-0.39, 0.29) is 18.6 Å². The molecule has 0 aromatic carbocycles. The number of amides is 1. The summed E-state index contributed by atoms with van der Waals surface area (Å²) in [6.07, 6.45) is 1.95. The summed E-state index contributed by atoms with van der Waals surface area (Å²) in [5.41, 5.74) is -1.86. The van der Waals surface area contributed by atoms with Crippen molar-refractivity contribution in [2.45, 2.75) is 44.7 Å². The lowest BCUT2D eigenvalue weighted by Crippen LogP contribution is -2.40. The summed E-state index contributed by atoms with van der Waals surface area (Å²) < 4.78 is 38.8. The van der Waals surface area contributed by atoms with E-state index >= 15 is 0 Å². The zero-order valence-electron chi connectivity index (χ0n) is 12.8. The molecule has 1 aliphatic rings. The SMILES string of the molecule is O=C(NCC1(CCO)CCCCC1)c1ncccc1C(F)(F)F. The van der Waals surface area contributed by atoms with Crippen LogP contribution < -0.4 is 5.32 Å². The minimum absolute atomic E-state index is 0.00720. The summed E-state index contributed by atoms with van der Waals surface area (Å²) >= 11 is 0. The molecule has 4 nitrogen and oxygen atoms in total. The van der Waals surface area contributed by atoms with Gasteiger partial charge < -0.3 is 10.4 Å². The molecule has 23 heavy (non-hydrogen) atoms. The number of hydrogen-bond acceptors (Lipinski definition) is 3. The van der Waals surface area contributed by atoms with Gasteiger partial charge in [-0.15, -0.1) is 0 Å². The van der Waals surface area contributed by atoms with Gasteiger partial charge in [0.05, 0.1) is 5.56 Å². The first kappa shape index (κ1) is 17.7. The number of carbonyl (C=O) groups is 1. The van der Waals surface area contributed by atoms with Crippen LogP contribution in [0.2, 0.25) is 0 Å². The Labute approximate surface area is 133 Å². The molecule has 128 valence electrons. The number of hydrogen-bond donors (Lipinski definition) is 2. The number of halogens is 3. The smallest absolute Gasteiger partial charge is 0.396 e. The lowest BCUT2D eigenvalue weighted by atomic mass is 9.72. The van der Waals surface area contributed by atoms with Crippen LogP contribution in [0.1, 0.15) is 54.6 Å². The molecule has 0 aliphatic heterocycles. The fraction of sp³-hybridized carbons (Fsp3) is 0.625. The second-order valence-electron chi connectivity index (χ2n) is 6.11. The highest BCUT2D eigenvalue weighted by atomic mass is 19.4. The first-order chi connectivity index (χ1) is 10.9. The Morgan fingerprint density at radius 2 is 2.00 bits per heavy atom. The van der Waals surface area contributed by atoms with Crippen molar-refractivity contribution in [3.63, 3.8) is 0 Å². The highest BCUT2D eigenvalue weighted by Crippen LogP contribution is 2.38. The number of carbonyl (C=O) groups excluding carboxylic acids is 1. The van der Waals surface area contributed by atoms with Gasteiger partial charge in [-0.2, -0.15) is 13.2 Å². The van der Waals surface area contributed by atoms with Gasteiger partial charge in [0.25, 0.3) is 5.91 Å². The number of alkyl halides is 3. The van der Waals surface area contributed by atoms with Crippen molar-refractivity contribution in [2.75, 3.05) is 13.2 Å². The Bertz CT molecular complexity index is 535. The summed E-state index contributed by atoms with van der Waals surface area (Å²) in [5, 5.41) is 11.8. The minimum atomic E-state index is -4.62. The second-order valence-corrected chi connectivity index (χ2v) is 6.11. The summed E-state index contributed by atoms with van der Waals surface area (Å²) in [6.45, 7) is 0.271. The van der Waals surface area contributed by atoms with Crippen molar-refractivity contribution in [2.24, 2.45) is 5.41 Å². The van der Waals surface area contributed by atoms with Crippen molar-refractivity contribution in [3.8, 4) is 0 Å². The average Bonchev–Trinajstić information content (AvgIpc) is 2.53. The molecule has 1 aliphatic carbocycles. The van der Waals surface area contributed by atoms with E-state index in [4.69, 9.17) is 0 Å². The van der Waals surface area contributed by atoms with Crippen molar-refractivity contribution in [1.29, 1.82) is 0 Å². The quantitative estimate of drug-likeness (QED) is 0.872. The Morgan fingerprint density at radius 3 is 2.61 bits per heavy atom. The van der Waals surface area contributed by atoms with Gasteiger partial charge in [-0.05, 0) is 36.8 Å². The van der Waals surface area contributed by atoms with Gasteiger partial charge in [-0.3, -0.25) is 9.78 Å². The van der Waals surface area contributed by atoms with Crippen LogP contribution in [0.25, 0.3) is 0 Å². The van der Waals surface area contributed by atoms with E-state index in [0.29, 0.717) is 6.42 Å². The van der Waals surface area contributed by atoms with Gasteiger partial charge in [-0.1, -0.05) is 19.3 Å². The predicted molar refractivity (Wildman–Crippen MR) is 78.8 cm³/mol. The molecule has 1 amide bonds. The van der Waals surface area contributed by atoms with Crippen LogP contribution in [0.3, 0.4) is 0 Å². The zero-order chi connectivity index (χ0) is 16.9. The Kier molecular flexibility index (Phi) is 5.62. The number of nitrogens with one attached hydrogen (secondary N) is 1. The van der Waals surface area contributed by atoms with Gasteiger partial charge in [0.15, 0.2) is 0 Å². The summed E-state index contributed by atoms with van der Waals surface area (Å²) in [7, 11) is 0. The molecule has 0 atom stereocenters. The number of nitrogens with zero attached hydrogens (tertiary/aromatic N) is 1. The van der Waals surface area contributed by atoms with Crippen LogP contribution in [-0.4, -0.2) is 29.1 Å². The molecule has 2 rings (SSSR count). The molecule has 0 saturated heterocycles. The molecule has 2 N–H and O–H groups in total. The molecule has 0 spiro atoms. The van der Waals surface area contributed by atoms with E-state index in [1.165, 1.54) is 6.20 Å². The van der Waals surface area contributed by atoms with E-state index in [9.17, 15) is 23.1 Å². The maximum atomic E-state index is 12.9. The molecule has 0 radical (unpaired) electrons. The fourth-order valence-electron chi connectivity index (χ4n) is 3.22. The van der Waals surface area contributed by atoms with Crippen molar-refractivity contribution >= 4 is 5.91 Å². The van der Waals surface area contributed by atoms with Gasteiger partial charge in [-0.25, -0.2) is 0 Å². The Morgan fingerprint density at radius 1 is 1.30 bits per heavy atom. The van der Waals surface area contributed by atoms with Gasteiger partial charge in [0.1, 0.15) is 5.69 Å². The monoisotopic (exact) mass is 330 g/mol. The van der Waals surface area contributed by atoms with E-state index in [2.05, 4.69) is 10.3 Å². The van der Waals surface area contributed by atoms with Gasteiger partial charge in [0.2, 0.25) is 0 Å². The Balaban J connectivity index is 2.10. The maximum absolute atomic E-state index is 12.9. The molecule has 1 heterocycles. The van der Waals surface area contributed by atoms with Gasteiger partial charge in [0, 0.05) is 19.3 Å². The largest absolute Gasteiger partial charge is 0.418 e. The van der Waals surface area contributed by atoms with E-state index in [0.717, 1.165) is 44.2 Å². The number of pyridine rings is 1. The molecule has 1 aromatic heterocycles. The molecule has 0 bridgehead atoms. The molecule has 1 fully saturated rings. The first-order valence-electron chi connectivity index (χ1n) is 7.79. The van der Waals surface area contributed by atoms with E-state index < -0.39 is 23.3 Å². The fourth-order valence-corrected chi connectivity index (χ4v) is 3.22. The average molecular weight is 330 g/mol. The third-order valence-corrected chi connectivity index (χ3v) is 4.51. The van der Waals surface area contributed by atoms with Gasteiger partial charge >= 0.3 is 6.18 Å². The molecular formula is C16H21F3N2O2. The van der Waals surface area contributed by atoms with Crippen molar-refractivity contribution in [1.82, 2.24) is 10.3 Å².